The summed E-state index contributed by atoms with van der Waals surface area (Å²) in [5.74, 6) is 1.90. The number of aryl methyl sites for hydroxylation is 1. The summed E-state index contributed by atoms with van der Waals surface area (Å²) in [5, 5.41) is 4.47. The summed E-state index contributed by atoms with van der Waals surface area (Å²) in [6, 6.07) is 0. The second kappa shape index (κ2) is 8.09. The molecule has 0 amide bonds. The van der Waals surface area contributed by atoms with Crippen LogP contribution in [0, 0.1) is 0 Å². The highest BCUT2D eigenvalue weighted by Gasteiger charge is 2.21. The normalized spacial score (nSPS) is 15.8. The molecular formula is C15H24N8S. The van der Waals surface area contributed by atoms with Crippen molar-refractivity contribution in [3.05, 3.63) is 24.5 Å². The van der Waals surface area contributed by atoms with Gasteiger partial charge in [-0.25, -0.2) is 9.97 Å². The number of anilines is 1. The van der Waals surface area contributed by atoms with Crippen LogP contribution in [0.15, 0.2) is 23.7 Å². The minimum absolute atomic E-state index is 0.833. The van der Waals surface area contributed by atoms with E-state index in [1.165, 1.54) is 11.5 Å². The maximum atomic E-state index is 4.58. The monoisotopic (exact) mass is 348 g/mol. The molecule has 2 aromatic rings. The molecule has 1 N–H and O–H groups in total. The predicted octanol–water partition coefficient (Wildman–Crippen LogP) is 0.695. The van der Waals surface area contributed by atoms with Gasteiger partial charge in [-0.3, -0.25) is 4.99 Å². The van der Waals surface area contributed by atoms with Crippen molar-refractivity contribution in [1.29, 1.82) is 0 Å². The molecule has 0 bridgehead atoms. The van der Waals surface area contributed by atoms with Crippen molar-refractivity contribution < 1.29 is 0 Å². The van der Waals surface area contributed by atoms with Gasteiger partial charge in [-0.05, 0) is 0 Å². The van der Waals surface area contributed by atoms with Gasteiger partial charge in [0.1, 0.15) is 5.82 Å². The zero-order chi connectivity index (χ0) is 16.8. The number of nitrogens with one attached hydrogen (secondary N) is 1. The zero-order valence-corrected chi connectivity index (χ0v) is 15.0. The first kappa shape index (κ1) is 16.7. The topological polar surface area (TPSA) is 74.5 Å². The predicted molar refractivity (Wildman–Crippen MR) is 96.7 cm³/mol. The number of hydrogen-bond donors (Lipinski definition) is 1. The molecule has 1 aliphatic heterocycles. The number of hydrogen-bond acceptors (Lipinski definition) is 6. The van der Waals surface area contributed by atoms with Crippen LogP contribution in [0.5, 0.6) is 0 Å². The molecule has 8 nitrogen and oxygen atoms in total. The van der Waals surface area contributed by atoms with Gasteiger partial charge in [-0.1, -0.05) is 6.92 Å². The molecule has 24 heavy (non-hydrogen) atoms. The van der Waals surface area contributed by atoms with E-state index in [4.69, 9.17) is 0 Å². The molecule has 0 saturated carbocycles. The molecular weight excluding hydrogens is 324 g/mol. The Labute approximate surface area is 146 Å². The molecule has 1 saturated heterocycles. The van der Waals surface area contributed by atoms with Crippen LogP contribution in [0.4, 0.5) is 5.13 Å². The first-order valence-electron chi connectivity index (χ1n) is 8.29. The third-order valence-electron chi connectivity index (χ3n) is 4.05. The summed E-state index contributed by atoms with van der Waals surface area (Å²) in [7, 11) is 1.84. The standard InChI is InChI=1S/C15H24N8S/c1-3-13-19-15(24-20-13)23-10-8-22(9-11-23)14(16-2)18-5-7-21-6-4-17-12-21/h4,6,12H,3,5,7-11H2,1-2H3,(H,16,18). The second-order valence-electron chi connectivity index (χ2n) is 5.60. The number of rotatable bonds is 5. The number of piperazine rings is 1. The van der Waals surface area contributed by atoms with Crippen LogP contribution in [0.1, 0.15) is 12.7 Å². The Balaban J connectivity index is 1.47. The number of aromatic nitrogens is 4. The van der Waals surface area contributed by atoms with E-state index in [1.54, 1.807) is 6.20 Å². The number of nitrogens with zero attached hydrogens (tertiary/aromatic N) is 7. The van der Waals surface area contributed by atoms with Gasteiger partial charge >= 0.3 is 0 Å². The third kappa shape index (κ3) is 4.02. The van der Waals surface area contributed by atoms with Crippen LogP contribution in [0.3, 0.4) is 0 Å². The van der Waals surface area contributed by atoms with Gasteiger partial charge < -0.3 is 19.7 Å². The maximum absolute atomic E-state index is 4.58. The van der Waals surface area contributed by atoms with E-state index in [2.05, 4.69) is 45.9 Å². The molecule has 0 spiro atoms. The molecule has 1 fully saturated rings. The van der Waals surface area contributed by atoms with Crippen molar-refractivity contribution >= 4 is 22.6 Å². The van der Waals surface area contributed by atoms with Crippen molar-refractivity contribution in [3.8, 4) is 0 Å². The van der Waals surface area contributed by atoms with E-state index in [0.717, 1.165) is 62.6 Å². The van der Waals surface area contributed by atoms with Crippen molar-refractivity contribution in [2.45, 2.75) is 19.9 Å². The average molecular weight is 348 g/mol. The second-order valence-corrected chi connectivity index (χ2v) is 6.33. The van der Waals surface area contributed by atoms with Gasteiger partial charge in [0.25, 0.3) is 0 Å². The van der Waals surface area contributed by atoms with Crippen molar-refractivity contribution in [2.75, 3.05) is 44.7 Å². The molecule has 0 aromatic carbocycles. The highest BCUT2D eigenvalue weighted by molar-refractivity contribution is 7.09. The highest BCUT2D eigenvalue weighted by Crippen LogP contribution is 2.19. The number of aliphatic imine (C=N–C) groups is 1. The lowest BCUT2D eigenvalue weighted by Gasteiger charge is -2.36. The summed E-state index contributed by atoms with van der Waals surface area (Å²) >= 11 is 1.50. The first-order chi connectivity index (χ1) is 11.8. The lowest BCUT2D eigenvalue weighted by Crippen LogP contribution is -2.52. The fourth-order valence-electron chi connectivity index (χ4n) is 2.67. The minimum Gasteiger partial charge on any atom is -0.354 e. The van der Waals surface area contributed by atoms with Gasteiger partial charge in [0.2, 0.25) is 5.13 Å². The molecule has 130 valence electrons. The molecule has 9 heteroatoms. The molecule has 0 aliphatic carbocycles. The van der Waals surface area contributed by atoms with Crippen molar-refractivity contribution in [2.24, 2.45) is 4.99 Å². The Morgan fingerprint density at radius 2 is 2.17 bits per heavy atom. The largest absolute Gasteiger partial charge is 0.354 e. The molecule has 3 rings (SSSR count). The van der Waals surface area contributed by atoms with E-state index < -0.39 is 0 Å². The van der Waals surface area contributed by atoms with E-state index in [0.29, 0.717) is 0 Å². The SMILES string of the molecule is CCc1nsc(N2CCN(C(=NC)NCCn3ccnc3)CC2)n1. The van der Waals surface area contributed by atoms with Gasteiger partial charge in [-0.15, -0.1) is 0 Å². The highest BCUT2D eigenvalue weighted by atomic mass is 32.1. The summed E-state index contributed by atoms with van der Waals surface area (Å²) in [5.41, 5.74) is 0. The van der Waals surface area contributed by atoms with Crippen LogP contribution in [0.2, 0.25) is 0 Å². The molecule has 3 heterocycles. The molecule has 2 aromatic heterocycles. The van der Waals surface area contributed by atoms with Crippen LogP contribution in [-0.2, 0) is 13.0 Å². The Morgan fingerprint density at radius 1 is 1.33 bits per heavy atom. The summed E-state index contributed by atoms with van der Waals surface area (Å²) in [6.45, 7) is 7.56. The van der Waals surface area contributed by atoms with Gasteiger partial charge in [0, 0.05) is 76.7 Å². The lowest BCUT2D eigenvalue weighted by atomic mass is 10.3. The fourth-order valence-corrected chi connectivity index (χ4v) is 3.48. The fraction of sp³-hybridized carbons (Fsp3) is 0.600. The third-order valence-corrected chi connectivity index (χ3v) is 4.86. The summed E-state index contributed by atoms with van der Waals surface area (Å²) in [4.78, 5) is 17.7. The Morgan fingerprint density at radius 3 is 2.79 bits per heavy atom. The van der Waals surface area contributed by atoms with E-state index in [9.17, 15) is 0 Å². The van der Waals surface area contributed by atoms with Gasteiger partial charge in [-0.2, -0.15) is 4.37 Å². The Kier molecular flexibility index (Phi) is 5.63. The van der Waals surface area contributed by atoms with Gasteiger partial charge in [0.05, 0.1) is 6.33 Å². The minimum atomic E-state index is 0.833. The summed E-state index contributed by atoms with van der Waals surface area (Å²) in [6.07, 6.45) is 6.49. The quantitative estimate of drug-likeness (QED) is 0.633. The summed E-state index contributed by atoms with van der Waals surface area (Å²) < 4.78 is 6.43. The van der Waals surface area contributed by atoms with Crippen LogP contribution < -0.4 is 10.2 Å². The van der Waals surface area contributed by atoms with Crippen molar-refractivity contribution in [1.82, 2.24) is 29.1 Å². The molecule has 0 radical (unpaired) electrons. The zero-order valence-electron chi connectivity index (χ0n) is 14.2. The molecule has 1 aliphatic rings. The number of imidazole rings is 1. The Hall–Kier alpha value is -2.16. The van der Waals surface area contributed by atoms with Crippen molar-refractivity contribution in [3.63, 3.8) is 0 Å². The van der Waals surface area contributed by atoms with Crippen LogP contribution in [-0.4, -0.2) is 69.5 Å². The van der Waals surface area contributed by atoms with Crippen LogP contribution in [0.25, 0.3) is 0 Å². The Bertz CT molecular complexity index is 642. The molecule has 0 unspecified atom stereocenters. The molecule has 0 atom stereocenters. The van der Waals surface area contributed by atoms with Crippen LogP contribution >= 0.6 is 11.5 Å². The maximum Gasteiger partial charge on any atom is 0.205 e. The lowest BCUT2D eigenvalue weighted by molar-refractivity contribution is 0.371. The van der Waals surface area contributed by atoms with Gasteiger partial charge in [0.15, 0.2) is 5.96 Å². The number of guanidine groups is 1. The van der Waals surface area contributed by atoms with E-state index in [-0.39, 0.29) is 0 Å². The van der Waals surface area contributed by atoms with E-state index in [1.807, 2.05) is 19.6 Å². The van der Waals surface area contributed by atoms with E-state index >= 15 is 0 Å². The average Bonchev–Trinajstić information content (AvgIpc) is 3.30. The smallest absolute Gasteiger partial charge is 0.205 e. The first-order valence-corrected chi connectivity index (χ1v) is 9.06.